The molecule has 2 aromatic rings. The van der Waals surface area contributed by atoms with Crippen molar-refractivity contribution in [2.45, 2.75) is 50.6 Å². The number of anilines is 1. The predicted octanol–water partition coefficient (Wildman–Crippen LogP) is 4.17. The number of nitriles is 1. The number of ketones is 2. The summed E-state index contributed by atoms with van der Waals surface area (Å²) in [5.41, 5.74) is 4.13. The van der Waals surface area contributed by atoms with E-state index in [1.54, 1.807) is 12.1 Å². The molecule has 2 fully saturated rings. The summed E-state index contributed by atoms with van der Waals surface area (Å²) in [6, 6.07) is 16.7. The fraction of sp³-hybridized carbons (Fsp3) is 0.320. The van der Waals surface area contributed by atoms with E-state index in [-0.39, 0.29) is 23.6 Å². The van der Waals surface area contributed by atoms with Gasteiger partial charge in [0.15, 0.2) is 11.6 Å². The van der Waals surface area contributed by atoms with Crippen LogP contribution in [0.4, 0.5) is 5.69 Å². The van der Waals surface area contributed by atoms with Gasteiger partial charge in [0.05, 0.1) is 17.2 Å². The highest BCUT2D eigenvalue weighted by Gasteiger charge is 2.39. The molecule has 0 atom stereocenters. The van der Waals surface area contributed by atoms with Gasteiger partial charge in [0, 0.05) is 29.8 Å². The van der Waals surface area contributed by atoms with Crippen LogP contribution in [-0.4, -0.2) is 23.7 Å². The first-order valence-electron chi connectivity index (χ1n) is 10.3. The summed E-state index contributed by atoms with van der Waals surface area (Å²) in [4.78, 5) is 28.1. The second-order valence-electron chi connectivity index (χ2n) is 8.23. The molecule has 0 aromatic heterocycles. The van der Waals surface area contributed by atoms with Crippen molar-refractivity contribution in [2.24, 2.45) is 0 Å². The smallest absolute Gasteiger partial charge is 0.196 e. The Labute approximate surface area is 170 Å². The van der Waals surface area contributed by atoms with Gasteiger partial charge in [-0.05, 0) is 55.4 Å². The van der Waals surface area contributed by atoms with E-state index >= 15 is 0 Å². The lowest BCUT2D eigenvalue weighted by Crippen LogP contribution is -2.28. The Morgan fingerprint density at radius 1 is 1.07 bits per heavy atom. The van der Waals surface area contributed by atoms with E-state index in [9.17, 15) is 14.9 Å². The Morgan fingerprint density at radius 2 is 1.79 bits per heavy atom. The van der Waals surface area contributed by atoms with Crippen molar-refractivity contribution in [1.82, 2.24) is 0 Å². The Morgan fingerprint density at radius 3 is 2.52 bits per heavy atom. The normalized spacial score (nSPS) is 22.2. The molecule has 2 bridgehead atoms. The third kappa shape index (κ3) is 2.98. The third-order valence-electron chi connectivity index (χ3n) is 6.65. The lowest BCUT2D eigenvalue weighted by Gasteiger charge is -2.25. The summed E-state index contributed by atoms with van der Waals surface area (Å²) in [5, 5.41) is 9.68. The van der Waals surface area contributed by atoms with Crippen molar-refractivity contribution in [1.29, 1.82) is 5.26 Å². The van der Waals surface area contributed by atoms with Crippen molar-refractivity contribution in [3.63, 3.8) is 0 Å². The van der Waals surface area contributed by atoms with Crippen molar-refractivity contribution in [3.05, 3.63) is 76.4 Å². The van der Waals surface area contributed by atoms with E-state index in [1.165, 1.54) is 25.7 Å². The number of carbonyl (C=O) groups is 2. The third-order valence-corrected chi connectivity index (χ3v) is 6.65. The largest absolute Gasteiger partial charge is 0.366 e. The molecular weight excluding hydrogens is 360 g/mol. The number of fused-ring (bicyclic) bond motifs is 3. The van der Waals surface area contributed by atoms with Gasteiger partial charge in [-0.15, -0.1) is 0 Å². The van der Waals surface area contributed by atoms with Gasteiger partial charge in [-0.2, -0.15) is 5.26 Å². The van der Waals surface area contributed by atoms with E-state index in [2.05, 4.69) is 11.0 Å². The average Bonchev–Trinajstić information content (AvgIpc) is 3.35. The number of allylic oxidation sites excluding steroid dienone is 2. The molecule has 2 aromatic carbocycles. The summed E-state index contributed by atoms with van der Waals surface area (Å²) in [7, 11) is 0. The van der Waals surface area contributed by atoms with Crippen LogP contribution in [-0.2, 0) is 17.6 Å². The van der Waals surface area contributed by atoms with Crippen molar-refractivity contribution in [3.8, 4) is 6.07 Å². The number of benzene rings is 2. The van der Waals surface area contributed by atoms with Crippen LogP contribution in [0, 0.1) is 11.3 Å². The van der Waals surface area contributed by atoms with Gasteiger partial charge >= 0.3 is 0 Å². The van der Waals surface area contributed by atoms with E-state index in [0.717, 1.165) is 11.3 Å². The molecule has 2 heterocycles. The lowest BCUT2D eigenvalue weighted by atomic mass is 9.86. The zero-order valence-electron chi connectivity index (χ0n) is 16.2. The summed E-state index contributed by atoms with van der Waals surface area (Å²) in [5.74, 6) is -0.421. The van der Waals surface area contributed by atoms with Gasteiger partial charge in [-0.1, -0.05) is 36.4 Å². The standard InChI is InChI=1S/C25H22N2O2/c26-15-18-13-21(27-19-8-9-20(27)11-10-19)7-5-17(18)14-24(28)23-12-6-16-3-1-2-4-22(16)25(23)29/h1-5,7,12-13,19-20H,6,8-11,14H2. The molecule has 0 amide bonds. The number of hydrogen-bond donors (Lipinski definition) is 0. The summed E-state index contributed by atoms with van der Waals surface area (Å²) in [6.07, 6.45) is 7.31. The molecular formula is C25H22N2O2. The second kappa shape index (κ2) is 7.00. The maximum absolute atomic E-state index is 12.9. The molecule has 0 N–H and O–H groups in total. The number of Topliss-reactive ketones (excluding diaryl/α,β-unsaturated/α-hetero) is 2. The molecule has 0 radical (unpaired) electrons. The molecule has 5 rings (SSSR count). The lowest BCUT2D eigenvalue weighted by molar-refractivity contribution is -0.114. The molecule has 3 aliphatic rings. The quantitative estimate of drug-likeness (QED) is 0.745. The molecule has 144 valence electrons. The van der Waals surface area contributed by atoms with Crippen LogP contribution < -0.4 is 4.90 Å². The highest BCUT2D eigenvalue weighted by Crippen LogP contribution is 2.41. The molecule has 29 heavy (non-hydrogen) atoms. The van der Waals surface area contributed by atoms with Gasteiger partial charge in [-0.25, -0.2) is 0 Å². The van der Waals surface area contributed by atoms with Gasteiger partial charge in [0.2, 0.25) is 0 Å². The van der Waals surface area contributed by atoms with Gasteiger partial charge in [0.25, 0.3) is 0 Å². The van der Waals surface area contributed by atoms with Crippen LogP contribution in [0.1, 0.15) is 52.7 Å². The van der Waals surface area contributed by atoms with Crippen molar-refractivity contribution < 1.29 is 9.59 Å². The Kier molecular flexibility index (Phi) is 4.32. The fourth-order valence-corrected chi connectivity index (χ4v) is 5.20. The van der Waals surface area contributed by atoms with Gasteiger partial charge in [0.1, 0.15) is 0 Å². The van der Waals surface area contributed by atoms with Crippen molar-refractivity contribution in [2.75, 3.05) is 4.90 Å². The minimum atomic E-state index is -0.213. The highest BCUT2D eigenvalue weighted by molar-refractivity contribution is 6.27. The second-order valence-corrected chi connectivity index (χ2v) is 8.23. The molecule has 4 heteroatoms. The number of nitrogens with zero attached hydrogens (tertiary/aromatic N) is 2. The fourth-order valence-electron chi connectivity index (χ4n) is 5.20. The van der Waals surface area contributed by atoms with Crippen LogP contribution in [0.2, 0.25) is 0 Å². The van der Waals surface area contributed by atoms with Crippen LogP contribution in [0.25, 0.3) is 0 Å². The number of hydrogen-bond acceptors (Lipinski definition) is 4. The minimum absolute atomic E-state index is 0.0791. The topological polar surface area (TPSA) is 61.2 Å². The highest BCUT2D eigenvalue weighted by atomic mass is 16.1. The maximum Gasteiger partial charge on any atom is 0.196 e. The van der Waals surface area contributed by atoms with E-state index < -0.39 is 0 Å². The number of rotatable bonds is 4. The molecule has 1 aliphatic carbocycles. The maximum atomic E-state index is 12.9. The van der Waals surface area contributed by atoms with Crippen LogP contribution in [0.15, 0.2) is 54.1 Å². The molecule has 2 saturated heterocycles. The first-order valence-corrected chi connectivity index (χ1v) is 10.3. The van der Waals surface area contributed by atoms with Gasteiger partial charge in [-0.3, -0.25) is 9.59 Å². The minimum Gasteiger partial charge on any atom is -0.366 e. The van der Waals surface area contributed by atoms with Crippen molar-refractivity contribution >= 4 is 17.3 Å². The summed E-state index contributed by atoms with van der Waals surface area (Å²) >= 11 is 0. The molecule has 2 aliphatic heterocycles. The predicted molar refractivity (Wildman–Crippen MR) is 111 cm³/mol. The van der Waals surface area contributed by atoms with Crippen LogP contribution >= 0.6 is 0 Å². The van der Waals surface area contributed by atoms with E-state index in [1.807, 2.05) is 36.4 Å². The van der Waals surface area contributed by atoms with Gasteiger partial charge < -0.3 is 4.90 Å². The monoisotopic (exact) mass is 382 g/mol. The number of carbonyl (C=O) groups excluding carboxylic acids is 2. The summed E-state index contributed by atoms with van der Waals surface area (Å²) < 4.78 is 0. The first-order chi connectivity index (χ1) is 14.2. The Balaban J connectivity index is 1.38. The average molecular weight is 382 g/mol. The molecule has 0 spiro atoms. The van der Waals surface area contributed by atoms with E-state index in [0.29, 0.717) is 35.2 Å². The molecule has 0 unspecified atom stereocenters. The molecule has 4 nitrogen and oxygen atoms in total. The zero-order chi connectivity index (χ0) is 20.0. The Bertz CT molecular complexity index is 1070. The zero-order valence-corrected chi connectivity index (χ0v) is 16.2. The first kappa shape index (κ1) is 17.9. The van der Waals surface area contributed by atoms with E-state index in [4.69, 9.17) is 0 Å². The summed E-state index contributed by atoms with van der Waals surface area (Å²) in [6.45, 7) is 0. The van der Waals surface area contributed by atoms with Crippen LogP contribution in [0.3, 0.4) is 0 Å². The Hall–Kier alpha value is -3.19. The molecule has 0 saturated carbocycles. The SMILES string of the molecule is N#Cc1cc(N2C3CCC2CC3)ccc1CC(=O)C1=CCc2ccccc2C1=O. The van der Waals surface area contributed by atoms with Crippen LogP contribution in [0.5, 0.6) is 0 Å².